The third-order valence-electron chi connectivity index (χ3n) is 4.84. The summed E-state index contributed by atoms with van der Waals surface area (Å²) < 4.78 is 5.26. The van der Waals surface area contributed by atoms with Gasteiger partial charge in [-0.2, -0.15) is 0 Å². The Balaban J connectivity index is 1.76. The van der Waals surface area contributed by atoms with Crippen LogP contribution in [0, 0.1) is 17.0 Å². The maximum Gasteiger partial charge on any atom is 0.339 e. The van der Waals surface area contributed by atoms with Gasteiger partial charge in [-0.3, -0.25) is 14.9 Å². The number of esters is 1. The number of nitro benzene ring substituents is 1. The molecule has 28 heavy (non-hydrogen) atoms. The van der Waals surface area contributed by atoms with Crippen molar-refractivity contribution in [3.8, 4) is 0 Å². The van der Waals surface area contributed by atoms with Crippen LogP contribution in [0.3, 0.4) is 0 Å². The van der Waals surface area contributed by atoms with Crippen molar-refractivity contribution >= 4 is 23.1 Å². The van der Waals surface area contributed by atoms with Crippen molar-refractivity contribution in [2.75, 3.05) is 18.0 Å². The summed E-state index contributed by atoms with van der Waals surface area (Å²) in [6.45, 7) is 4.92. The molecule has 1 aliphatic rings. The van der Waals surface area contributed by atoms with Crippen molar-refractivity contribution in [2.45, 2.75) is 32.8 Å². The molecule has 2 aromatic rings. The maximum atomic E-state index is 12.4. The lowest BCUT2D eigenvalue weighted by Gasteiger charge is -2.18. The van der Waals surface area contributed by atoms with Crippen molar-refractivity contribution < 1.29 is 19.2 Å². The number of nitro groups is 1. The number of benzene rings is 2. The number of hydrogen-bond donors (Lipinski definition) is 0. The number of aryl methyl sites for hydroxylation is 1. The maximum absolute atomic E-state index is 12.4. The minimum Gasteiger partial charge on any atom is -0.451 e. The molecule has 1 aliphatic heterocycles. The highest BCUT2D eigenvalue weighted by Crippen LogP contribution is 2.32. The van der Waals surface area contributed by atoms with Gasteiger partial charge in [0.05, 0.1) is 10.5 Å². The SMILES string of the molecule is Cc1ccc(C(=O)[C@@H](C)OC(=O)c2ccc(N3CCCC3)c([N+](=O)[O-])c2)cc1. The molecule has 0 amide bonds. The summed E-state index contributed by atoms with van der Waals surface area (Å²) >= 11 is 0. The van der Waals surface area contributed by atoms with Gasteiger partial charge in [0.15, 0.2) is 6.10 Å². The highest BCUT2D eigenvalue weighted by Gasteiger charge is 2.26. The Morgan fingerprint density at radius 3 is 2.29 bits per heavy atom. The van der Waals surface area contributed by atoms with E-state index in [0.29, 0.717) is 11.3 Å². The molecule has 2 aromatic carbocycles. The number of rotatable bonds is 6. The largest absolute Gasteiger partial charge is 0.451 e. The Hall–Kier alpha value is -3.22. The van der Waals surface area contributed by atoms with Gasteiger partial charge in [-0.25, -0.2) is 4.79 Å². The number of nitrogens with zero attached hydrogens (tertiary/aromatic N) is 2. The summed E-state index contributed by atoms with van der Waals surface area (Å²) in [4.78, 5) is 37.8. The van der Waals surface area contributed by atoms with Crippen LogP contribution in [0.25, 0.3) is 0 Å². The van der Waals surface area contributed by atoms with E-state index in [-0.39, 0.29) is 17.0 Å². The van der Waals surface area contributed by atoms with Gasteiger partial charge in [0.1, 0.15) is 5.69 Å². The standard InChI is InChI=1S/C21H22N2O5/c1-14-5-7-16(8-6-14)20(24)15(2)28-21(25)17-9-10-18(19(13-17)23(26)27)22-11-3-4-12-22/h5-10,13,15H,3-4,11-12H2,1-2H3/t15-/m1/s1. The Bertz CT molecular complexity index is 902. The number of hydrogen-bond acceptors (Lipinski definition) is 6. The quantitative estimate of drug-likeness (QED) is 0.325. The number of Topliss-reactive ketones (excluding diaryl/α,β-unsaturated/α-hetero) is 1. The molecule has 7 heteroatoms. The number of ether oxygens (including phenoxy) is 1. The van der Waals surface area contributed by atoms with E-state index in [4.69, 9.17) is 4.74 Å². The third-order valence-corrected chi connectivity index (χ3v) is 4.84. The van der Waals surface area contributed by atoms with E-state index in [9.17, 15) is 19.7 Å². The van der Waals surface area contributed by atoms with Crippen molar-refractivity contribution in [1.82, 2.24) is 0 Å². The van der Waals surface area contributed by atoms with Gasteiger partial charge in [0.2, 0.25) is 5.78 Å². The molecule has 0 radical (unpaired) electrons. The molecular formula is C21H22N2O5. The molecule has 0 aromatic heterocycles. The van der Waals surface area contributed by atoms with Crippen LogP contribution in [0.1, 0.15) is 46.0 Å². The molecule has 1 saturated heterocycles. The van der Waals surface area contributed by atoms with Gasteiger partial charge in [0.25, 0.3) is 5.69 Å². The Kier molecular flexibility index (Phi) is 5.73. The summed E-state index contributed by atoms with van der Waals surface area (Å²) in [7, 11) is 0. The second-order valence-corrected chi connectivity index (χ2v) is 6.93. The molecule has 146 valence electrons. The zero-order valence-corrected chi connectivity index (χ0v) is 15.9. The molecule has 0 saturated carbocycles. The Morgan fingerprint density at radius 1 is 1.07 bits per heavy atom. The van der Waals surface area contributed by atoms with Crippen LogP contribution in [0.4, 0.5) is 11.4 Å². The summed E-state index contributed by atoms with van der Waals surface area (Å²) in [6, 6.07) is 11.3. The fourth-order valence-electron chi connectivity index (χ4n) is 3.26. The highest BCUT2D eigenvalue weighted by atomic mass is 16.6. The van der Waals surface area contributed by atoms with Crippen molar-refractivity contribution in [3.63, 3.8) is 0 Å². The molecular weight excluding hydrogens is 360 g/mol. The van der Waals surface area contributed by atoms with Crippen molar-refractivity contribution in [2.24, 2.45) is 0 Å². The number of carbonyl (C=O) groups excluding carboxylic acids is 2. The van der Waals surface area contributed by atoms with Crippen LogP contribution in [-0.4, -0.2) is 35.9 Å². The van der Waals surface area contributed by atoms with Crippen molar-refractivity contribution in [1.29, 1.82) is 0 Å². The van der Waals surface area contributed by atoms with E-state index in [1.165, 1.54) is 19.1 Å². The first-order chi connectivity index (χ1) is 13.4. The summed E-state index contributed by atoms with van der Waals surface area (Å²) in [5.74, 6) is -1.08. The minimum absolute atomic E-state index is 0.0539. The van der Waals surface area contributed by atoms with Crippen LogP contribution >= 0.6 is 0 Å². The third kappa shape index (κ3) is 4.19. The predicted molar refractivity (Wildman–Crippen MR) is 105 cm³/mol. The van der Waals surface area contributed by atoms with Crippen LogP contribution in [0.2, 0.25) is 0 Å². The minimum atomic E-state index is -0.993. The van der Waals surface area contributed by atoms with Gasteiger partial charge < -0.3 is 9.64 Å². The van der Waals surface area contributed by atoms with E-state index in [0.717, 1.165) is 31.5 Å². The van der Waals surface area contributed by atoms with E-state index < -0.39 is 17.0 Å². The van der Waals surface area contributed by atoms with Crippen LogP contribution in [0.5, 0.6) is 0 Å². The Labute approximate surface area is 163 Å². The van der Waals surface area contributed by atoms with E-state index >= 15 is 0 Å². The zero-order chi connectivity index (χ0) is 20.3. The van der Waals surface area contributed by atoms with Gasteiger partial charge >= 0.3 is 5.97 Å². The van der Waals surface area contributed by atoms with E-state index in [2.05, 4.69) is 0 Å². The molecule has 0 N–H and O–H groups in total. The lowest BCUT2D eigenvalue weighted by atomic mass is 10.1. The second kappa shape index (κ2) is 8.21. The first kappa shape index (κ1) is 19.5. The lowest BCUT2D eigenvalue weighted by Crippen LogP contribution is -2.24. The van der Waals surface area contributed by atoms with Crippen molar-refractivity contribution in [3.05, 3.63) is 69.3 Å². The molecule has 0 unspecified atom stereocenters. The fraction of sp³-hybridized carbons (Fsp3) is 0.333. The van der Waals surface area contributed by atoms with Gasteiger partial charge in [0, 0.05) is 24.7 Å². The monoisotopic (exact) mass is 382 g/mol. The molecule has 7 nitrogen and oxygen atoms in total. The topological polar surface area (TPSA) is 89.8 Å². The number of carbonyl (C=O) groups is 2. The highest BCUT2D eigenvalue weighted by molar-refractivity contribution is 6.01. The lowest BCUT2D eigenvalue weighted by molar-refractivity contribution is -0.384. The zero-order valence-electron chi connectivity index (χ0n) is 15.9. The molecule has 1 atom stereocenters. The molecule has 1 fully saturated rings. The number of anilines is 1. The predicted octanol–water partition coefficient (Wildman–Crippen LogP) is 3.93. The fourth-order valence-corrected chi connectivity index (χ4v) is 3.26. The van der Waals surface area contributed by atoms with Gasteiger partial charge in [-0.05, 0) is 38.8 Å². The second-order valence-electron chi connectivity index (χ2n) is 6.93. The number of ketones is 1. The summed E-state index contributed by atoms with van der Waals surface area (Å²) in [5, 5.41) is 11.5. The smallest absolute Gasteiger partial charge is 0.339 e. The normalized spacial score (nSPS) is 14.6. The van der Waals surface area contributed by atoms with Crippen LogP contribution in [-0.2, 0) is 4.74 Å². The first-order valence-corrected chi connectivity index (χ1v) is 9.22. The summed E-state index contributed by atoms with van der Waals surface area (Å²) in [5.41, 5.74) is 1.89. The first-order valence-electron chi connectivity index (χ1n) is 9.22. The van der Waals surface area contributed by atoms with Gasteiger partial charge in [-0.1, -0.05) is 29.8 Å². The molecule has 0 spiro atoms. The Morgan fingerprint density at radius 2 is 1.68 bits per heavy atom. The average molecular weight is 382 g/mol. The van der Waals surface area contributed by atoms with Crippen LogP contribution in [0.15, 0.2) is 42.5 Å². The van der Waals surface area contributed by atoms with Crippen LogP contribution < -0.4 is 4.90 Å². The molecule has 1 heterocycles. The summed E-state index contributed by atoms with van der Waals surface area (Å²) in [6.07, 6.45) is 0.978. The van der Waals surface area contributed by atoms with Gasteiger partial charge in [-0.15, -0.1) is 0 Å². The van der Waals surface area contributed by atoms with E-state index in [1.54, 1.807) is 18.2 Å². The average Bonchev–Trinajstić information content (AvgIpc) is 3.22. The molecule has 0 aliphatic carbocycles. The molecule has 3 rings (SSSR count). The van der Waals surface area contributed by atoms with E-state index in [1.807, 2.05) is 24.0 Å². The molecule has 0 bridgehead atoms.